The maximum Gasteiger partial charge on any atom is 0.302 e. The molecule has 0 aliphatic carbocycles. The van der Waals surface area contributed by atoms with E-state index in [1.165, 1.54) is 6.92 Å². The summed E-state index contributed by atoms with van der Waals surface area (Å²) in [5.41, 5.74) is 0. The predicted octanol–water partition coefficient (Wildman–Crippen LogP) is 0.467. The van der Waals surface area contributed by atoms with Gasteiger partial charge in [0.05, 0.1) is 5.92 Å². The van der Waals surface area contributed by atoms with Crippen LogP contribution < -0.4 is 0 Å². The number of carbonyl (C=O) groups is 3. The Morgan fingerprint density at radius 1 is 1.64 bits per heavy atom. The average molecular weight is 220 g/mol. The van der Waals surface area contributed by atoms with E-state index in [0.717, 1.165) is 0 Å². The first kappa shape index (κ1) is 11.0. The van der Waals surface area contributed by atoms with Crippen LogP contribution >= 0.6 is 11.8 Å². The van der Waals surface area contributed by atoms with E-state index < -0.39 is 29.8 Å². The summed E-state index contributed by atoms with van der Waals surface area (Å²) in [6.45, 7) is 2.81. The van der Waals surface area contributed by atoms with Gasteiger partial charge in [-0.25, -0.2) is 0 Å². The summed E-state index contributed by atoms with van der Waals surface area (Å²) >= 11 is 5.38. The second-order valence-corrected chi connectivity index (χ2v) is 3.48. The van der Waals surface area contributed by atoms with Gasteiger partial charge in [-0.05, 0) is 6.92 Å². The molecular formula is C8H10ClNO4. The van der Waals surface area contributed by atoms with Gasteiger partial charge in [-0.2, -0.15) is 4.42 Å². The molecule has 0 aromatic heterocycles. The van der Waals surface area contributed by atoms with Crippen molar-refractivity contribution >= 4 is 29.6 Å². The number of hydrogen-bond donors (Lipinski definition) is 0. The van der Waals surface area contributed by atoms with Crippen molar-refractivity contribution in [2.24, 2.45) is 5.92 Å². The zero-order valence-electron chi connectivity index (χ0n) is 7.82. The van der Waals surface area contributed by atoms with Crippen LogP contribution in [0.4, 0.5) is 0 Å². The molecule has 1 rings (SSSR count). The van der Waals surface area contributed by atoms with E-state index in [4.69, 9.17) is 16.5 Å². The fraction of sp³-hybridized carbons (Fsp3) is 0.625. The highest BCUT2D eigenvalue weighted by Crippen LogP contribution is 2.25. The number of amides is 2. The molecule has 0 aromatic rings. The van der Waals surface area contributed by atoms with Gasteiger partial charge in [0.2, 0.25) is 5.91 Å². The third kappa shape index (κ3) is 2.04. The fourth-order valence-electron chi connectivity index (χ4n) is 1.33. The number of nitrogens with zero attached hydrogens (tertiary/aromatic N) is 1. The lowest BCUT2D eigenvalue weighted by molar-refractivity contribution is -0.150. The van der Waals surface area contributed by atoms with Crippen molar-refractivity contribution in [3.05, 3.63) is 0 Å². The van der Waals surface area contributed by atoms with E-state index in [2.05, 4.69) is 0 Å². The minimum atomic E-state index is -0.649. The van der Waals surface area contributed by atoms with Crippen LogP contribution in [-0.2, 0) is 19.1 Å². The van der Waals surface area contributed by atoms with Gasteiger partial charge in [-0.1, -0.05) is 0 Å². The molecule has 2 atom stereocenters. The highest BCUT2D eigenvalue weighted by atomic mass is 35.5. The molecule has 0 spiro atoms. The number of esters is 1. The van der Waals surface area contributed by atoms with Gasteiger partial charge in [0, 0.05) is 25.1 Å². The number of halogens is 1. The monoisotopic (exact) mass is 219 g/mol. The van der Waals surface area contributed by atoms with Crippen molar-refractivity contribution in [2.75, 3.05) is 0 Å². The van der Waals surface area contributed by atoms with Gasteiger partial charge < -0.3 is 4.74 Å². The molecule has 6 heteroatoms. The summed E-state index contributed by atoms with van der Waals surface area (Å²) in [5, 5.41) is 0. The number of rotatable bonds is 2. The van der Waals surface area contributed by atoms with Crippen LogP contribution in [-0.4, -0.2) is 28.3 Å². The number of carbonyl (C=O) groups excluding carboxylic acids is 3. The van der Waals surface area contributed by atoms with E-state index in [0.29, 0.717) is 4.42 Å². The van der Waals surface area contributed by atoms with Gasteiger partial charge in [0.15, 0.2) is 0 Å². The molecule has 14 heavy (non-hydrogen) atoms. The van der Waals surface area contributed by atoms with Gasteiger partial charge in [-0.15, -0.1) is 0 Å². The summed E-state index contributed by atoms with van der Waals surface area (Å²) in [6.07, 6.45) is -0.621. The third-order valence-electron chi connectivity index (χ3n) is 2.04. The number of hydrogen-bond acceptors (Lipinski definition) is 4. The molecular weight excluding hydrogens is 210 g/mol. The van der Waals surface area contributed by atoms with E-state index in [-0.39, 0.29) is 6.42 Å². The first-order valence-corrected chi connectivity index (χ1v) is 4.47. The molecule has 0 saturated carbocycles. The molecule has 1 aliphatic rings. The van der Waals surface area contributed by atoms with Crippen LogP contribution in [0.25, 0.3) is 0 Å². The molecule has 5 nitrogen and oxygen atoms in total. The van der Waals surface area contributed by atoms with Gasteiger partial charge in [-0.3, -0.25) is 14.4 Å². The summed E-state index contributed by atoms with van der Waals surface area (Å²) in [5.74, 6) is -2.10. The lowest BCUT2D eigenvalue weighted by Gasteiger charge is -2.15. The van der Waals surface area contributed by atoms with E-state index in [1.807, 2.05) is 0 Å². The van der Waals surface area contributed by atoms with Crippen LogP contribution in [0.1, 0.15) is 20.3 Å². The number of ether oxygens (including phenoxy) is 1. The molecule has 0 N–H and O–H groups in total. The second kappa shape index (κ2) is 3.96. The molecule has 2 unspecified atom stereocenters. The molecule has 0 bridgehead atoms. The standard InChI is InChI=1S/C8H10ClNO4/c1-4(14-5(2)11)6-3-7(12)10(9)8(6)13/h4,6H,3H2,1-2H3. The highest BCUT2D eigenvalue weighted by Gasteiger charge is 2.42. The summed E-state index contributed by atoms with van der Waals surface area (Å²) in [4.78, 5) is 33.0. The molecule has 0 radical (unpaired) electrons. The van der Waals surface area contributed by atoms with Crippen molar-refractivity contribution in [1.82, 2.24) is 4.42 Å². The van der Waals surface area contributed by atoms with E-state index in [9.17, 15) is 14.4 Å². The predicted molar refractivity (Wildman–Crippen MR) is 47.0 cm³/mol. The minimum absolute atomic E-state index is 0.00319. The Kier molecular flexibility index (Phi) is 3.10. The Labute approximate surface area is 86.1 Å². The van der Waals surface area contributed by atoms with Crippen molar-refractivity contribution < 1.29 is 19.1 Å². The zero-order chi connectivity index (χ0) is 10.9. The molecule has 78 valence electrons. The Morgan fingerprint density at radius 3 is 2.57 bits per heavy atom. The number of imide groups is 1. The largest absolute Gasteiger partial charge is 0.462 e. The molecule has 2 amide bonds. The van der Waals surface area contributed by atoms with Crippen molar-refractivity contribution in [3.8, 4) is 0 Å². The highest BCUT2D eigenvalue weighted by molar-refractivity contribution is 6.32. The first-order chi connectivity index (χ1) is 6.43. The minimum Gasteiger partial charge on any atom is -0.462 e. The van der Waals surface area contributed by atoms with Gasteiger partial charge in [0.25, 0.3) is 5.91 Å². The van der Waals surface area contributed by atoms with Crippen LogP contribution in [0.5, 0.6) is 0 Å². The van der Waals surface area contributed by atoms with Gasteiger partial charge in [0.1, 0.15) is 6.10 Å². The van der Waals surface area contributed by atoms with Crippen LogP contribution in [0, 0.1) is 5.92 Å². The lowest BCUT2D eigenvalue weighted by Crippen LogP contribution is -2.29. The molecule has 1 aliphatic heterocycles. The molecule has 1 fully saturated rings. The fourth-order valence-corrected chi connectivity index (χ4v) is 1.53. The Bertz CT molecular complexity index is 291. The molecule has 1 heterocycles. The van der Waals surface area contributed by atoms with Crippen molar-refractivity contribution in [2.45, 2.75) is 26.4 Å². The molecule has 0 aromatic carbocycles. The quantitative estimate of drug-likeness (QED) is 0.385. The van der Waals surface area contributed by atoms with Crippen LogP contribution in [0.3, 0.4) is 0 Å². The second-order valence-electron chi connectivity index (χ2n) is 3.14. The molecule has 1 saturated heterocycles. The first-order valence-electron chi connectivity index (χ1n) is 4.13. The van der Waals surface area contributed by atoms with Crippen molar-refractivity contribution in [1.29, 1.82) is 0 Å². The smallest absolute Gasteiger partial charge is 0.302 e. The van der Waals surface area contributed by atoms with Crippen LogP contribution in [0.15, 0.2) is 0 Å². The normalized spacial score (nSPS) is 23.9. The Balaban J connectivity index is 2.66. The van der Waals surface area contributed by atoms with Gasteiger partial charge >= 0.3 is 5.97 Å². The average Bonchev–Trinajstić information content (AvgIpc) is 2.32. The van der Waals surface area contributed by atoms with E-state index in [1.54, 1.807) is 6.92 Å². The SMILES string of the molecule is CC(=O)OC(C)C1CC(=O)N(Cl)C1=O. The maximum absolute atomic E-state index is 11.3. The summed E-state index contributed by atoms with van der Waals surface area (Å²) in [6, 6.07) is 0. The van der Waals surface area contributed by atoms with E-state index >= 15 is 0 Å². The maximum atomic E-state index is 11.3. The third-order valence-corrected chi connectivity index (χ3v) is 2.40. The zero-order valence-corrected chi connectivity index (χ0v) is 8.58. The Morgan fingerprint density at radius 2 is 2.21 bits per heavy atom. The lowest BCUT2D eigenvalue weighted by atomic mass is 10.0. The summed E-state index contributed by atoms with van der Waals surface area (Å²) < 4.78 is 5.35. The van der Waals surface area contributed by atoms with Crippen LogP contribution in [0.2, 0.25) is 0 Å². The van der Waals surface area contributed by atoms with Crippen molar-refractivity contribution in [3.63, 3.8) is 0 Å². The Hall–Kier alpha value is -1.10. The summed E-state index contributed by atoms with van der Waals surface area (Å²) in [7, 11) is 0. The topological polar surface area (TPSA) is 63.7 Å².